The molecule has 0 aliphatic carbocycles. The average Bonchev–Trinajstić information content (AvgIpc) is 3.23. The second-order valence-corrected chi connectivity index (χ2v) is 9.07. The first kappa shape index (κ1) is 23.4. The molecule has 3 amide bonds. The fraction of sp³-hybridized carbons (Fsp3) is 0.458. The maximum atomic E-state index is 12.8. The number of hydrogen-bond donors (Lipinski definition) is 2. The van der Waals surface area contributed by atoms with E-state index in [9.17, 15) is 14.4 Å². The van der Waals surface area contributed by atoms with Crippen molar-refractivity contribution in [2.75, 3.05) is 19.6 Å². The lowest BCUT2D eigenvalue weighted by molar-refractivity contribution is 0.0187. The molecule has 3 rings (SSSR count). The molecule has 0 atom stereocenters. The van der Waals surface area contributed by atoms with Crippen LogP contribution in [0.2, 0.25) is 0 Å². The number of nitrogens with zero attached hydrogens (tertiary/aromatic N) is 2. The molecule has 8 heteroatoms. The quantitative estimate of drug-likeness (QED) is 0.720. The standard InChI is InChI=1S/C24H32N4O4/c1-24(2,3)32-23(31)27-14-10-19(11-15-27)28-13-5-8-20(28)22(30)26-12-9-17-6-4-7-18(16-17)21(25)29/h4-8,13,16,19H,9-12,14-15H2,1-3H3,(H2,25,29)(H,26,30). The maximum Gasteiger partial charge on any atom is 0.410 e. The predicted molar refractivity (Wildman–Crippen MR) is 122 cm³/mol. The third kappa shape index (κ3) is 6.12. The number of ether oxygens (including phenoxy) is 1. The van der Waals surface area contributed by atoms with Crippen molar-refractivity contribution in [2.24, 2.45) is 5.73 Å². The van der Waals surface area contributed by atoms with E-state index >= 15 is 0 Å². The minimum atomic E-state index is -0.513. The number of amides is 3. The van der Waals surface area contributed by atoms with Crippen LogP contribution in [-0.4, -0.2) is 52.6 Å². The number of aromatic nitrogens is 1. The molecule has 1 aliphatic rings. The lowest BCUT2D eigenvalue weighted by Crippen LogP contribution is -2.42. The van der Waals surface area contributed by atoms with Crippen LogP contribution in [-0.2, 0) is 11.2 Å². The minimum Gasteiger partial charge on any atom is -0.444 e. The van der Waals surface area contributed by atoms with Crippen molar-refractivity contribution in [2.45, 2.75) is 51.7 Å². The number of rotatable bonds is 6. The summed E-state index contributed by atoms with van der Waals surface area (Å²) in [6, 6.07) is 10.9. The van der Waals surface area contributed by atoms with Gasteiger partial charge in [0.1, 0.15) is 11.3 Å². The number of carbonyl (C=O) groups excluding carboxylic acids is 3. The molecule has 32 heavy (non-hydrogen) atoms. The highest BCUT2D eigenvalue weighted by Crippen LogP contribution is 2.25. The van der Waals surface area contributed by atoms with E-state index < -0.39 is 11.5 Å². The smallest absolute Gasteiger partial charge is 0.410 e. The van der Waals surface area contributed by atoms with Crippen LogP contribution >= 0.6 is 0 Å². The van der Waals surface area contributed by atoms with Crippen molar-refractivity contribution in [3.63, 3.8) is 0 Å². The topological polar surface area (TPSA) is 107 Å². The summed E-state index contributed by atoms with van der Waals surface area (Å²) in [4.78, 5) is 38.1. The highest BCUT2D eigenvalue weighted by atomic mass is 16.6. The Morgan fingerprint density at radius 2 is 1.84 bits per heavy atom. The Morgan fingerprint density at radius 3 is 2.50 bits per heavy atom. The SMILES string of the molecule is CC(C)(C)OC(=O)N1CCC(n2cccc2C(=O)NCCc2cccc(C(N)=O)c2)CC1. The fourth-order valence-corrected chi connectivity index (χ4v) is 3.85. The molecule has 1 aromatic heterocycles. The highest BCUT2D eigenvalue weighted by Gasteiger charge is 2.28. The van der Waals surface area contributed by atoms with E-state index in [4.69, 9.17) is 10.5 Å². The lowest BCUT2D eigenvalue weighted by Gasteiger charge is -2.34. The molecule has 172 valence electrons. The van der Waals surface area contributed by atoms with E-state index in [-0.39, 0.29) is 18.0 Å². The van der Waals surface area contributed by atoms with Gasteiger partial charge in [0.15, 0.2) is 0 Å². The normalized spacial score (nSPS) is 14.8. The summed E-state index contributed by atoms with van der Waals surface area (Å²) in [5.74, 6) is -0.609. The van der Waals surface area contributed by atoms with Gasteiger partial charge in [-0.2, -0.15) is 0 Å². The van der Waals surface area contributed by atoms with Gasteiger partial charge in [-0.3, -0.25) is 9.59 Å². The maximum absolute atomic E-state index is 12.8. The number of benzene rings is 1. The minimum absolute atomic E-state index is 0.143. The Kier molecular flexibility index (Phi) is 7.22. The second-order valence-electron chi connectivity index (χ2n) is 9.07. The first-order valence-corrected chi connectivity index (χ1v) is 11.0. The Labute approximate surface area is 188 Å². The van der Waals surface area contributed by atoms with Gasteiger partial charge in [0.25, 0.3) is 5.91 Å². The number of piperidine rings is 1. The number of nitrogens with two attached hydrogens (primary N) is 1. The van der Waals surface area contributed by atoms with Gasteiger partial charge in [-0.15, -0.1) is 0 Å². The zero-order chi connectivity index (χ0) is 23.3. The largest absolute Gasteiger partial charge is 0.444 e. The molecule has 0 saturated carbocycles. The van der Waals surface area contributed by atoms with Crippen LogP contribution in [0, 0.1) is 0 Å². The molecule has 1 aromatic carbocycles. The number of likely N-dealkylation sites (tertiary alicyclic amines) is 1. The van der Waals surface area contributed by atoms with E-state index in [2.05, 4.69) is 5.32 Å². The number of primary amides is 1. The van der Waals surface area contributed by atoms with E-state index in [1.165, 1.54) is 0 Å². The predicted octanol–water partition coefficient (Wildman–Crippen LogP) is 3.13. The van der Waals surface area contributed by atoms with Crippen molar-refractivity contribution in [1.82, 2.24) is 14.8 Å². The Bertz CT molecular complexity index is 968. The summed E-state index contributed by atoms with van der Waals surface area (Å²) in [5, 5.41) is 2.95. The molecule has 0 unspecified atom stereocenters. The summed E-state index contributed by atoms with van der Waals surface area (Å²) < 4.78 is 7.45. The third-order valence-electron chi connectivity index (χ3n) is 5.43. The molecule has 1 fully saturated rings. The first-order valence-electron chi connectivity index (χ1n) is 11.0. The van der Waals surface area contributed by atoms with Gasteiger partial charge in [0.2, 0.25) is 5.91 Å². The van der Waals surface area contributed by atoms with Crippen LogP contribution in [0.3, 0.4) is 0 Å². The number of hydrogen-bond acceptors (Lipinski definition) is 4. The molecule has 1 saturated heterocycles. The van der Waals surface area contributed by atoms with Gasteiger partial charge in [-0.05, 0) is 69.9 Å². The van der Waals surface area contributed by atoms with Crippen molar-refractivity contribution in [3.8, 4) is 0 Å². The summed E-state index contributed by atoms with van der Waals surface area (Å²) in [5.41, 5.74) is 6.81. The van der Waals surface area contributed by atoms with Gasteiger partial charge >= 0.3 is 6.09 Å². The van der Waals surface area contributed by atoms with Crippen LogP contribution in [0.25, 0.3) is 0 Å². The van der Waals surface area contributed by atoms with Gasteiger partial charge in [0.05, 0.1) is 0 Å². The monoisotopic (exact) mass is 440 g/mol. The van der Waals surface area contributed by atoms with Gasteiger partial charge < -0.3 is 25.3 Å². The molecule has 0 radical (unpaired) electrons. The summed E-state index contributed by atoms with van der Waals surface area (Å²) in [6.07, 6.45) is 3.74. The summed E-state index contributed by atoms with van der Waals surface area (Å²) in [7, 11) is 0. The summed E-state index contributed by atoms with van der Waals surface area (Å²) in [6.45, 7) is 7.21. The molecule has 0 bridgehead atoms. The van der Waals surface area contributed by atoms with Crippen LogP contribution in [0.5, 0.6) is 0 Å². The van der Waals surface area contributed by atoms with Crippen molar-refractivity contribution >= 4 is 17.9 Å². The first-order chi connectivity index (χ1) is 15.1. The molecule has 3 N–H and O–H groups in total. The zero-order valence-corrected chi connectivity index (χ0v) is 19.0. The Hall–Kier alpha value is -3.29. The van der Waals surface area contributed by atoms with Gasteiger partial charge in [-0.25, -0.2) is 4.79 Å². The molecule has 0 spiro atoms. The van der Waals surface area contributed by atoms with Gasteiger partial charge in [0, 0.05) is 37.4 Å². The van der Waals surface area contributed by atoms with Crippen molar-refractivity contribution < 1.29 is 19.1 Å². The Morgan fingerprint density at radius 1 is 1.12 bits per heavy atom. The zero-order valence-electron chi connectivity index (χ0n) is 19.0. The van der Waals surface area contributed by atoms with Crippen LogP contribution in [0.1, 0.15) is 66.1 Å². The lowest BCUT2D eigenvalue weighted by atomic mass is 10.0. The molecular formula is C24H32N4O4. The van der Waals surface area contributed by atoms with Gasteiger partial charge in [-0.1, -0.05) is 12.1 Å². The number of nitrogens with one attached hydrogen (secondary N) is 1. The fourth-order valence-electron chi connectivity index (χ4n) is 3.85. The Balaban J connectivity index is 1.53. The van der Waals surface area contributed by atoms with Crippen molar-refractivity contribution in [3.05, 3.63) is 59.4 Å². The molecule has 1 aliphatic heterocycles. The van der Waals surface area contributed by atoms with Crippen LogP contribution in [0.4, 0.5) is 4.79 Å². The van der Waals surface area contributed by atoms with Crippen LogP contribution in [0.15, 0.2) is 42.6 Å². The van der Waals surface area contributed by atoms with E-state index in [0.29, 0.717) is 37.3 Å². The van der Waals surface area contributed by atoms with E-state index in [1.807, 2.05) is 49.7 Å². The molecule has 2 aromatic rings. The molecular weight excluding hydrogens is 408 g/mol. The third-order valence-corrected chi connectivity index (χ3v) is 5.43. The van der Waals surface area contributed by atoms with Crippen LogP contribution < -0.4 is 11.1 Å². The second kappa shape index (κ2) is 9.89. The molecule has 2 heterocycles. The van der Waals surface area contributed by atoms with Crippen molar-refractivity contribution in [1.29, 1.82) is 0 Å². The summed E-state index contributed by atoms with van der Waals surface area (Å²) >= 11 is 0. The highest BCUT2D eigenvalue weighted by molar-refractivity contribution is 5.93. The van der Waals surface area contributed by atoms with E-state index in [0.717, 1.165) is 18.4 Å². The van der Waals surface area contributed by atoms with E-state index in [1.54, 1.807) is 23.1 Å². The molecule has 8 nitrogen and oxygen atoms in total. The average molecular weight is 441 g/mol. The number of carbonyl (C=O) groups is 3.